The van der Waals surface area contributed by atoms with E-state index >= 15 is 0 Å². The van der Waals surface area contributed by atoms with E-state index < -0.39 is 55.1 Å². The number of carbonyl (C=O) groups excluding carboxylic acids is 4. The first-order chi connectivity index (χ1) is 19.0. The Labute approximate surface area is 232 Å². The van der Waals surface area contributed by atoms with Gasteiger partial charge in [0, 0.05) is 38.5 Å². The molecule has 0 spiro atoms. The molecule has 0 saturated carbocycles. The number of ether oxygens (including phenoxy) is 5. The van der Waals surface area contributed by atoms with Crippen molar-refractivity contribution < 1.29 is 58.2 Å². The minimum atomic E-state index is -1.54. The van der Waals surface area contributed by atoms with Gasteiger partial charge in [0.05, 0.1) is 13.7 Å². The predicted molar refractivity (Wildman–Crippen MR) is 138 cm³/mol. The van der Waals surface area contributed by atoms with Crippen LogP contribution in [0.3, 0.4) is 0 Å². The Balaban J connectivity index is 2.02. The Morgan fingerprint density at radius 2 is 1.45 bits per heavy atom. The molecule has 1 aliphatic rings. The van der Waals surface area contributed by atoms with Gasteiger partial charge in [0.2, 0.25) is 0 Å². The maximum atomic E-state index is 13.1. The summed E-state index contributed by atoms with van der Waals surface area (Å²) in [7, 11) is 1.36. The van der Waals surface area contributed by atoms with E-state index in [9.17, 15) is 34.5 Å². The number of rotatable bonds is 15. The third kappa shape index (κ3) is 10.8. The third-order valence-electron chi connectivity index (χ3n) is 6.13. The summed E-state index contributed by atoms with van der Waals surface area (Å²) in [6.07, 6.45) is 0.0123. The lowest BCUT2D eigenvalue weighted by atomic mass is 9.96. The number of benzene rings is 1. The van der Waals surface area contributed by atoms with Crippen LogP contribution < -0.4 is 14.8 Å². The number of aliphatic hydroxyl groups excluding tert-OH is 3. The highest BCUT2D eigenvalue weighted by atomic mass is 16.7. The molecule has 13 nitrogen and oxygen atoms in total. The average molecular weight is 570 g/mol. The van der Waals surface area contributed by atoms with Crippen molar-refractivity contribution in [1.82, 2.24) is 5.32 Å². The van der Waals surface area contributed by atoms with Crippen LogP contribution in [0.5, 0.6) is 11.5 Å². The number of carbonyl (C=O) groups is 4. The Bertz CT molecular complexity index is 965. The van der Waals surface area contributed by atoms with Gasteiger partial charge in [0.1, 0.15) is 35.9 Å². The second kappa shape index (κ2) is 16.9. The average Bonchev–Trinajstić information content (AvgIpc) is 2.90. The van der Waals surface area contributed by atoms with E-state index in [1.807, 2.05) is 0 Å². The van der Waals surface area contributed by atoms with E-state index in [2.05, 4.69) is 10.1 Å². The van der Waals surface area contributed by atoms with E-state index in [-0.39, 0.29) is 29.6 Å². The highest BCUT2D eigenvalue weighted by Crippen LogP contribution is 2.26. The van der Waals surface area contributed by atoms with E-state index in [4.69, 9.17) is 18.9 Å². The lowest BCUT2D eigenvalue weighted by Crippen LogP contribution is -2.64. The molecule has 1 heterocycles. The van der Waals surface area contributed by atoms with Crippen LogP contribution in [0.25, 0.3) is 0 Å². The van der Waals surface area contributed by atoms with Crippen molar-refractivity contribution >= 4 is 23.8 Å². The maximum Gasteiger partial charge on any atom is 0.308 e. The van der Waals surface area contributed by atoms with Crippen LogP contribution >= 0.6 is 0 Å². The van der Waals surface area contributed by atoms with Crippen molar-refractivity contribution in [3.8, 4) is 11.5 Å². The molecule has 1 saturated heterocycles. The first kappa shape index (κ1) is 33.1. The molecule has 0 aromatic heterocycles. The van der Waals surface area contributed by atoms with Crippen LogP contribution in [0.2, 0.25) is 0 Å². The minimum absolute atomic E-state index is 0.0460. The molecule has 13 heteroatoms. The zero-order chi connectivity index (χ0) is 29.7. The molecule has 2 rings (SSSR count). The van der Waals surface area contributed by atoms with E-state index in [0.29, 0.717) is 12.8 Å². The number of esters is 3. The van der Waals surface area contributed by atoms with Crippen molar-refractivity contribution in [3.05, 3.63) is 23.8 Å². The molecule has 1 aromatic carbocycles. The van der Waals surface area contributed by atoms with Crippen LogP contribution in [0.4, 0.5) is 0 Å². The normalized spacial score (nSPS) is 22.3. The highest BCUT2D eigenvalue weighted by Gasteiger charge is 2.45. The Morgan fingerprint density at radius 3 is 2.00 bits per heavy atom. The number of aliphatic hydroxyl groups is 3. The number of nitrogens with one attached hydrogen (secondary N) is 1. The standard InChI is InChI=1S/C27H39NO12/c1-16(30)38-19-12-18(13-20(14-19)39-17(2)31)26(35)28-23-25(34)24(33)21(15-29)40-27(23)37-11-9-7-5-4-6-8-10-22(32)36-3/h12-14,21,23-25,27,29,33-34H,4-11,15H2,1-3H3,(H,28,35)/t21?,23?,24-,25?,27+/m0/s1. The summed E-state index contributed by atoms with van der Waals surface area (Å²) >= 11 is 0. The van der Waals surface area contributed by atoms with Gasteiger partial charge in [-0.2, -0.15) is 0 Å². The summed E-state index contributed by atoms with van der Waals surface area (Å²) in [6.45, 7) is 1.97. The van der Waals surface area contributed by atoms with Gasteiger partial charge in [-0.3, -0.25) is 19.2 Å². The van der Waals surface area contributed by atoms with Gasteiger partial charge in [-0.05, 0) is 25.0 Å². The van der Waals surface area contributed by atoms with Crippen LogP contribution in [0.1, 0.15) is 69.2 Å². The fourth-order valence-electron chi connectivity index (χ4n) is 4.15. The summed E-state index contributed by atoms with van der Waals surface area (Å²) in [5, 5.41) is 33.2. The number of amides is 1. The molecule has 40 heavy (non-hydrogen) atoms. The molecule has 1 aromatic rings. The van der Waals surface area contributed by atoms with Crippen LogP contribution in [-0.2, 0) is 28.6 Å². The van der Waals surface area contributed by atoms with Gasteiger partial charge in [0.15, 0.2) is 6.29 Å². The molecule has 0 aliphatic carbocycles. The summed E-state index contributed by atoms with van der Waals surface area (Å²) in [5.41, 5.74) is -0.0630. The fourth-order valence-corrected chi connectivity index (χ4v) is 4.15. The van der Waals surface area contributed by atoms with Crippen LogP contribution in [-0.4, -0.2) is 90.1 Å². The van der Waals surface area contributed by atoms with E-state index in [0.717, 1.165) is 32.1 Å². The molecule has 0 bridgehead atoms. The van der Waals surface area contributed by atoms with E-state index in [1.54, 1.807) is 0 Å². The van der Waals surface area contributed by atoms with Crippen molar-refractivity contribution in [2.24, 2.45) is 0 Å². The quantitative estimate of drug-likeness (QED) is 0.133. The molecule has 224 valence electrons. The molecule has 1 fully saturated rings. The molecule has 5 atom stereocenters. The topological polar surface area (TPSA) is 187 Å². The van der Waals surface area contributed by atoms with Gasteiger partial charge in [-0.1, -0.05) is 25.7 Å². The van der Waals surface area contributed by atoms with Gasteiger partial charge in [-0.15, -0.1) is 0 Å². The largest absolute Gasteiger partial charge is 0.469 e. The zero-order valence-electron chi connectivity index (χ0n) is 23.0. The van der Waals surface area contributed by atoms with Gasteiger partial charge < -0.3 is 44.3 Å². The molecule has 0 radical (unpaired) electrons. The fraction of sp³-hybridized carbons (Fsp3) is 0.630. The Morgan fingerprint density at radius 1 is 0.875 bits per heavy atom. The molecular weight excluding hydrogens is 530 g/mol. The smallest absolute Gasteiger partial charge is 0.308 e. The van der Waals surface area contributed by atoms with Crippen LogP contribution in [0.15, 0.2) is 18.2 Å². The Kier molecular flexibility index (Phi) is 14.0. The number of hydrogen-bond donors (Lipinski definition) is 4. The van der Waals surface area contributed by atoms with E-state index in [1.165, 1.54) is 39.2 Å². The predicted octanol–water partition coefficient (Wildman–Crippen LogP) is 0.995. The monoisotopic (exact) mass is 569 g/mol. The maximum absolute atomic E-state index is 13.1. The molecule has 3 unspecified atom stereocenters. The van der Waals surface area contributed by atoms with Gasteiger partial charge >= 0.3 is 17.9 Å². The highest BCUT2D eigenvalue weighted by molar-refractivity contribution is 5.95. The number of unbranched alkanes of at least 4 members (excludes halogenated alkanes) is 5. The molecule has 4 N–H and O–H groups in total. The molecule has 1 amide bonds. The number of methoxy groups -OCH3 is 1. The molecular formula is C27H39NO12. The van der Waals surface area contributed by atoms with Crippen molar-refractivity contribution in [1.29, 1.82) is 0 Å². The van der Waals surface area contributed by atoms with Gasteiger partial charge in [0.25, 0.3) is 5.91 Å². The SMILES string of the molecule is COC(=O)CCCCCCCCO[C@@H]1OC(CO)[C@H](O)C(O)C1NC(=O)c1cc(OC(C)=O)cc(OC(C)=O)c1. The summed E-state index contributed by atoms with van der Waals surface area (Å²) in [5.74, 6) is -2.39. The number of hydrogen-bond acceptors (Lipinski definition) is 12. The summed E-state index contributed by atoms with van der Waals surface area (Å²) < 4.78 is 26.1. The summed E-state index contributed by atoms with van der Waals surface area (Å²) in [6, 6.07) is 2.53. The first-order valence-corrected chi connectivity index (χ1v) is 13.2. The third-order valence-corrected chi connectivity index (χ3v) is 6.13. The lowest BCUT2D eigenvalue weighted by Gasteiger charge is -2.42. The molecule has 1 aliphatic heterocycles. The lowest BCUT2D eigenvalue weighted by molar-refractivity contribution is -0.269. The second-order valence-corrected chi connectivity index (χ2v) is 9.40. The van der Waals surface area contributed by atoms with Crippen LogP contribution in [0, 0.1) is 0 Å². The second-order valence-electron chi connectivity index (χ2n) is 9.40. The minimum Gasteiger partial charge on any atom is -0.469 e. The summed E-state index contributed by atoms with van der Waals surface area (Å²) in [4.78, 5) is 47.1. The van der Waals surface area contributed by atoms with Crippen molar-refractivity contribution in [2.45, 2.75) is 89.4 Å². The zero-order valence-corrected chi connectivity index (χ0v) is 23.0. The van der Waals surface area contributed by atoms with Gasteiger partial charge in [-0.25, -0.2) is 0 Å². The van der Waals surface area contributed by atoms with Crippen molar-refractivity contribution in [2.75, 3.05) is 20.3 Å². The first-order valence-electron chi connectivity index (χ1n) is 13.2. The Hall–Kier alpha value is -3.10. The van der Waals surface area contributed by atoms with Crippen molar-refractivity contribution in [3.63, 3.8) is 0 Å².